The van der Waals surface area contributed by atoms with Crippen molar-refractivity contribution in [3.63, 3.8) is 0 Å². The average molecular weight is 384 g/mol. The van der Waals surface area contributed by atoms with Gasteiger partial charge in [0.15, 0.2) is 0 Å². The zero-order valence-corrected chi connectivity index (χ0v) is 16.5. The minimum Gasteiger partial charge on any atom is -0.348 e. The molecule has 0 aliphatic heterocycles. The zero-order valence-electron chi connectivity index (χ0n) is 16.5. The fourth-order valence-corrected chi connectivity index (χ4v) is 3.71. The van der Waals surface area contributed by atoms with Crippen LogP contribution < -0.4 is 10.9 Å². The SMILES string of the molecule is CCCCn1c(=O)c2ccccc2c2cc(C(=O)NCc3ccccc3)ccc21. The Morgan fingerprint density at radius 1 is 0.897 bits per heavy atom. The third-order valence-corrected chi connectivity index (χ3v) is 5.27. The number of pyridine rings is 1. The molecule has 0 spiro atoms. The van der Waals surface area contributed by atoms with Crippen molar-refractivity contribution in [1.29, 1.82) is 0 Å². The number of hydrogen-bond donors (Lipinski definition) is 1. The molecule has 4 nitrogen and oxygen atoms in total. The standard InChI is InChI=1S/C25H24N2O2/c1-2-3-15-27-23-14-13-19(24(28)26-17-18-9-5-4-6-10-18)16-22(23)20-11-7-8-12-21(20)25(27)29/h4-14,16H,2-3,15,17H2,1H3,(H,26,28). The van der Waals surface area contributed by atoms with E-state index in [1.54, 1.807) is 6.07 Å². The number of carbonyl (C=O) groups excluding carboxylic acids is 1. The van der Waals surface area contributed by atoms with Crippen molar-refractivity contribution < 1.29 is 4.79 Å². The molecule has 1 amide bonds. The van der Waals surface area contributed by atoms with Crippen LogP contribution in [0.4, 0.5) is 0 Å². The Hall–Kier alpha value is -3.40. The maximum atomic E-state index is 13.0. The second-order valence-corrected chi connectivity index (χ2v) is 7.26. The lowest BCUT2D eigenvalue weighted by atomic mass is 10.0. The Bertz CT molecular complexity index is 1230. The van der Waals surface area contributed by atoms with Gasteiger partial charge in [-0.3, -0.25) is 9.59 Å². The van der Waals surface area contributed by atoms with Crippen LogP contribution in [0.5, 0.6) is 0 Å². The molecule has 3 aromatic carbocycles. The van der Waals surface area contributed by atoms with E-state index >= 15 is 0 Å². The highest BCUT2D eigenvalue weighted by atomic mass is 16.1. The number of rotatable bonds is 6. The molecule has 4 rings (SSSR count). The maximum Gasteiger partial charge on any atom is 0.258 e. The molecule has 0 saturated heterocycles. The van der Waals surface area contributed by atoms with Crippen LogP contribution in [0.2, 0.25) is 0 Å². The average Bonchev–Trinajstić information content (AvgIpc) is 2.78. The minimum atomic E-state index is -0.119. The Kier molecular flexibility index (Phi) is 5.43. The molecule has 4 heteroatoms. The number of hydrogen-bond acceptors (Lipinski definition) is 2. The highest BCUT2D eigenvalue weighted by molar-refractivity contribution is 6.08. The van der Waals surface area contributed by atoms with Gasteiger partial charge in [-0.1, -0.05) is 61.9 Å². The summed E-state index contributed by atoms with van der Waals surface area (Å²) in [6.45, 7) is 3.27. The predicted octanol–water partition coefficient (Wildman–Crippen LogP) is 4.88. The number of fused-ring (bicyclic) bond motifs is 3. The van der Waals surface area contributed by atoms with Crippen LogP contribution in [0.3, 0.4) is 0 Å². The number of carbonyl (C=O) groups is 1. The summed E-state index contributed by atoms with van der Waals surface area (Å²) < 4.78 is 1.84. The topological polar surface area (TPSA) is 51.1 Å². The fourth-order valence-electron chi connectivity index (χ4n) is 3.71. The monoisotopic (exact) mass is 384 g/mol. The highest BCUT2D eigenvalue weighted by Gasteiger charge is 2.13. The van der Waals surface area contributed by atoms with Gasteiger partial charge in [0.05, 0.1) is 5.52 Å². The number of aryl methyl sites for hydroxylation is 1. The number of amides is 1. The van der Waals surface area contributed by atoms with Crippen molar-refractivity contribution in [3.8, 4) is 0 Å². The van der Waals surface area contributed by atoms with Gasteiger partial charge in [-0.25, -0.2) is 0 Å². The van der Waals surface area contributed by atoms with Gasteiger partial charge < -0.3 is 9.88 Å². The Morgan fingerprint density at radius 3 is 2.38 bits per heavy atom. The van der Waals surface area contributed by atoms with Crippen molar-refractivity contribution in [2.24, 2.45) is 0 Å². The smallest absolute Gasteiger partial charge is 0.258 e. The van der Waals surface area contributed by atoms with Gasteiger partial charge in [0.2, 0.25) is 0 Å². The molecule has 0 saturated carbocycles. The second kappa shape index (κ2) is 8.31. The molecule has 0 unspecified atom stereocenters. The molecule has 0 aliphatic rings. The van der Waals surface area contributed by atoms with Crippen LogP contribution >= 0.6 is 0 Å². The van der Waals surface area contributed by atoms with Gasteiger partial charge in [0.25, 0.3) is 11.5 Å². The predicted molar refractivity (Wildman–Crippen MR) is 118 cm³/mol. The zero-order chi connectivity index (χ0) is 20.2. The number of nitrogens with one attached hydrogen (secondary N) is 1. The van der Waals surface area contributed by atoms with Gasteiger partial charge >= 0.3 is 0 Å². The molecule has 1 aromatic heterocycles. The number of aromatic nitrogens is 1. The highest BCUT2D eigenvalue weighted by Crippen LogP contribution is 2.24. The summed E-state index contributed by atoms with van der Waals surface area (Å²) in [5, 5.41) is 5.49. The van der Waals surface area contributed by atoms with Gasteiger partial charge in [0.1, 0.15) is 0 Å². The molecule has 1 heterocycles. The molecule has 0 atom stereocenters. The molecule has 0 aliphatic carbocycles. The summed E-state index contributed by atoms with van der Waals surface area (Å²) >= 11 is 0. The summed E-state index contributed by atoms with van der Waals surface area (Å²) in [5.41, 5.74) is 2.56. The number of unbranched alkanes of at least 4 members (excludes halogenated alkanes) is 1. The Balaban J connectivity index is 1.76. The molecule has 0 bridgehead atoms. The van der Waals surface area contributed by atoms with Gasteiger partial charge in [-0.05, 0) is 41.6 Å². The fraction of sp³-hybridized carbons (Fsp3) is 0.200. The van der Waals surface area contributed by atoms with Gasteiger partial charge in [-0.2, -0.15) is 0 Å². The van der Waals surface area contributed by atoms with Crippen molar-refractivity contribution in [3.05, 3.63) is 94.3 Å². The molecule has 1 N–H and O–H groups in total. The van der Waals surface area contributed by atoms with E-state index in [2.05, 4.69) is 12.2 Å². The van der Waals surface area contributed by atoms with Crippen LogP contribution in [-0.4, -0.2) is 10.5 Å². The Labute approximate surface area is 169 Å². The first-order valence-corrected chi connectivity index (χ1v) is 10.1. The van der Waals surface area contributed by atoms with Gasteiger partial charge in [-0.15, -0.1) is 0 Å². The molecular formula is C25H24N2O2. The van der Waals surface area contributed by atoms with Crippen LogP contribution in [0.25, 0.3) is 21.7 Å². The van der Waals surface area contributed by atoms with E-state index in [1.807, 2.05) is 71.3 Å². The third-order valence-electron chi connectivity index (χ3n) is 5.27. The van der Waals surface area contributed by atoms with E-state index < -0.39 is 0 Å². The quantitative estimate of drug-likeness (QED) is 0.482. The Morgan fingerprint density at radius 2 is 1.62 bits per heavy atom. The third kappa shape index (κ3) is 3.79. The molecule has 29 heavy (non-hydrogen) atoms. The summed E-state index contributed by atoms with van der Waals surface area (Å²) in [5.74, 6) is -0.119. The van der Waals surface area contributed by atoms with E-state index in [9.17, 15) is 9.59 Å². The summed E-state index contributed by atoms with van der Waals surface area (Å²) in [7, 11) is 0. The maximum absolute atomic E-state index is 13.0. The molecule has 146 valence electrons. The van der Waals surface area contributed by atoms with Crippen molar-refractivity contribution in [2.45, 2.75) is 32.9 Å². The van der Waals surface area contributed by atoms with Crippen LogP contribution in [0.1, 0.15) is 35.7 Å². The summed E-state index contributed by atoms with van der Waals surface area (Å²) in [4.78, 5) is 25.8. The second-order valence-electron chi connectivity index (χ2n) is 7.26. The largest absolute Gasteiger partial charge is 0.348 e. The molecule has 0 radical (unpaired) electrons. The van der Waals surface area contributed by atoms with E-state index in [1.165, 1.54) is 0 Å². The van der Waals surface area contributed by atoms with Gasteiger partial charge in [0, 0.05) is 29.4 Å². The lowest BCUT2D eigenvalue weighted by Gasteiger charge is -2.14. The first-order valence-electron chi connectivity index (χ1n) is 10.1. The lowest BCUT2D eigenvalue weighted by Crippen LogP contribution is -2.23. The molecule has 4 aromatic rings. The van der Waals surface area contributed by atoms with E-state index in [0.717, 1.165) is 34.7 Å². The van der Waals surface area contributed by atoms with Crippen molar-refractivity contribution in [2.75, 3.05) is 0 Å². The number of nitrogens with zero attached hydrogens (tertiary/aromatic N) is 1. The normalized spacial score (nSPS) is 11.1. The van der Waals surface area contributed by atoms with Crippen LogP contribution in [0.15, 0.2) is 77.6 Å². The van der Waals surface area contributed by atoms with E-state index in [-0.39, 0.29) is 11.5 Å². The molecular weight excluding hydrogens is 360 g/mol. The van der Waals surface area contributed by atoms with Crippen LogP contribution in [0, 0.1) is 0 Å². The minimum absolute atomic E-state index is 0.0304. The lowest BCUT2D eigenvalue weighted by molar-refractivity contribution is 0.0951. The van der Waals surface area contributed by atoms with Crippen molar-refractivity contribution in [1.82, 2.24) is 9.88 Å². The van der Waals surface area contributed by atoms with E-state index in [4.69, 9.17) is 0 Å². The van der Waals surface area contributed by atoms with E-state index in [0.29, 0.717) is 24.0 Å². The van der Waals surface area contributed by atoms with Crippen LogP contribution in [-0.2, 0) is 13.1 Å². The summed E-state index contributed by atoms with van der Waals surface area (Å²) in [6, 6.07) is 23.1. The van der Waals surface area contributed by atoms with Crippen molar-refractivity contribution >= 4 is 27.6 Å². The number of benzene rings is 3. The first kappa shape index (κ1) is 18.9. The summed E-state index contributed by atoms with van der Waals surface area (Å²) in [6.07, 6.45) is 1.95. The molecule has 0 fully saturated rings. The first-order chi connectivity index (χ1) is 14.2.